The number of hydrogen-bond acceptors (Lipinski definition) is 7. The molecule has 324 valence electrons. The van der Waals surface area contributed by atoms with Gasteiger partial charge in [0, 0.05) is 23.9 Å². The summed E-state index contributed by atoms with van der Waals surface area (Å²) in [4.78, 5) is 27.0. The van der Waals surface area contributed by atoms with Crippen LogP contribution in [-0.2, 0) is 27.5 Å². The second-order valence-electron chi connectivity index (χ2n) is 20.5. The number of esters is 1. The van der Waals surface area contributed by atoms with Gasteiger partial charge in [-0.15, -0.1) is 5.10 Å². The number of nitrogens with zero attached hydrogens (tertiary/aromatic N) is 3. The van der Waals surface area contributed by atoms with Crippen LogP contribution in [0.25, 0.3) is 5.69 Å². The van der Waals surface area contributed by atoms with E-state index in [1.165, 1.54) is 18.4 Å². The number of carbonyl (C=O) groups is 2. The Kier molecular flexibility index (Phi) is 11.2. The van der Waals surface area contributed by atoms with Crippen molar-refractivity contribution >= 4 is 35.1 Å². The molecule has 0 radical (unpaired) electrons. The van der Waals surface area contributed by atoms with Crippen LogP contribution in [0, 0.1) is 56.7 Å². The molecule has 1 amide bonds. The SMILES string of the molecule is C=C(C)[C@@H]1CC[C@]2(C(=O)NCc3ccc(OCc4cn(-c5ccc(Cl)cc5Cl)nn4)c(OC)c3)CC[C@]3(C)C(CCC4[C@@]5(C)CCC(OC(C)=O)C(C)(C)C5CC[C@]43C)C12. The van der Waals surface area contributed by atoms with Crippen molar-refractivity contribution in [2.24, 2.45) is 56.7 Å². The summed E-state index contributed by atoms with van der Waals surface area (Å²) in [7, 11) is 1.62. The van der Waals surface area contributed by atoms with Gasteiger partial charge in [-0.25, -0.2) is 4.68 Å². The van der Waals surface area contributed by atoms with E-state index in [2.05, 4.69) is 63.8 Å². The number of ether oxygens (including phenoxy) is 3. The molecule has 0 spiro atoms. The molecule has 11 heteroatoms. The van der Waals surface area contributed by atoms with Crippen LogP contribution in [0.4, 0.5) is 0 Å². The number of fused-ring (bicyclic) bond motifs is 7. The van der Waals surface area contributed by atoms with Crippen molar-refractivity contribution in [1.29, 1.82) is 0 Å². The maximum absolute atomic E-state index is 14.9. The highest BCUT2D eigenvalue weighted by Crippen LogP contribution is 2.77. The van der Waals surface area contributed by atoms with Crippen molar-refractivity contribution < 1.29 is 23.8 Å². The highest BCUT2D eigenvalue weighted by Gasteiger charge is 2.72. The Hall–Kier alpha value is -3.56. The molecule has 8 rings (SSSR count). The van der Waals surface area contributed by atoms with Gasteiger partial charge in [0.25, 0.3) is 0 Å². The minimum Gasteiger partial charge on any atom is -0.493 e. The molecule has 5 aliphatic carbocycles. The van der Waals surface area contributed by atoms with E-state index >= 15 is 0 Å². The molecule has 5 fully saturated rings. The molecule has 60 heavy (non-hydrogen) atoms. The number of halogens is 2. The highest BCUT2D eigenvalue weighted by molar-refractivity contribution is 6.35. The van der Waals surface area contributed by atoms with E-state index in [0.29, 0.717) is 63.1 Å². The van der Waals surface area contributed by atoms with Crippen molar-refractivity contribution in [3.8, 4) is 17.2 Å². The molecule has 5 unspecified atom stereocenters. The second-order valence-corrected chi connectivity index (χ2v) is 21.4. The summed E-state index contributed by atoms with van der Waals surface area (Å²) in [6.07, 6.45) is 12.4. The first-order chi connectivity index (χ1) is 28.4. The lowest BCUT2D eigenvalue weighted by Gasteiger charge is -2.72. The largest absolute Gasteiger partial charge is 0.493 e. The minimum atomic E-state index is -0.414. The fraction of sp³-hybridized carbons (Fsp3) is 0.633. The Bertz CT molecular complexity index is 2170. The van der Waals surface area contributed by atoms with Crippen LogP contribution in [0.3, 0.4) is 0 Å². The predicted molar refractivity (Wildman–Crippen MR) is 235 cm³/mol. The molecule has 5 saturated carbocycles. The number of methoxy groups -OCH3 is 1. The summed E-state index contributed by atoms with van der Waals surface area (Å²) in [6, 6.07) is 11.0. The molecule has 1 heterocycles. The Balaban J connectivity index is 0.974. The average Bonchev–Trinajstić information content (AvgIpc) is 3.84. The van der Waals surface area contributed by atoms with Crippen LogP contribution in [0.1, 0.15) is 124 Å². The highest BCUT2D eigenvalue weighted by atomic mass is 35.5. The zero-order valence-corrected chi connectivity index (χ0v) is 38.3. The summed E-state index contributed by atoms with van der Waals surface area (Å²) < 4.78 is 19.5. The van der Waals surface area contributed by atoms with Gasteiger partial charge in [-0.2, -0.15) is 0 Å². The molecule has 1 N–H and O–H groups in total. The van der Waals surface area contributed by atoms with Gasteiger partial charge in [-0.1, -0.05) is 81.3 Å². The van der Waals surface area contributed by atoms with Gasteiger partial charge < -0.3 is 19.5 Å². The smallest absolute Gasteiger partial charge is 0.302 e. The van der Waals surface area contributed by atoms with Crippen molar-refractivity contribution in [3.05, 3.63) is 76.0 Å². The van der Waals surface area contributed by atoms with Crippen LogP contribution in [0.5, 0.6) is 11.5 Å². The number of nitrogens with one attached hydrogen (secondary N) is 1. The van der Waals surface area contributed by atoms with Gasteiger partial charge in [0.15, 0.2) is 11.5 Å². The topological polar surface area (TPSA) is 105 Å². The number of aromatic nitrogens is 3. The number of amides is 1. The molecule has 10 atom stereocenters. The lowest BCUT2D eigenvalue weighted by Crippen LogP contribution is -2.67. The van der Waals surface area contributed by atoms with Gasteiger partial charge >= 0.3 is 5.97 Å². The number of allylic oxidation sites excluding steroid dienone is 1. The van der Waals surface area contributed by atoms with E-state index in [0.717, 1.165) is 56.9 Å². The normalized spacial score (nSPS) is 35.2. The quantitative estimate of drug-likeness (QED) is 0.160. The Labute approximate surface area is 366 Å². The van der Waals surface area contributed by atoms with Crippen LogP contribution >= 0.6 is 23.2 Å². The first-order valence-electron chi connectivity index (χ1n) is 22.2. The standard InChI is InChI=1S/C49H64Cl2N4O5/c1-29(2)34-16-21-49(44(57)52-26-31-10-14-38(39(24-31)58-9)59-28-33-27-55(54-53-33)37-13-11-32(50)25-36(37)51)23-22-47(7)35(43(34)49)12-15-41-46(6)19-18-42(60-30(3)56)45(4,5)40(46)17-20-48(41,47)8/h10-11,13-14,24-25,27,34-35,40-43H,1,12,15-23,26,28H2,2-9H3,(H,52,57)/t34-,35?,40?,41?,42?,43?,46-,47+,48+,49-/m0/s1. The van der Waals surface area contributed by atoms with Crippen LogP contribution < -0.4 is 14.8 Å². The zero-order valence-electron chi connectivity index (χ0n) is 36.8. The minimum absolute atomic E-state index is 0.0256. The van der Waals surface area contributed by atoms with E-state index in [1.807, 2.05) is 18.2 Å². The van der Waals surface area contributed by atoms with E-state index in [4.69, 9.17) is 37.4 Å². The first-order valence-corrected chi connectivity index (χ1v) is 22.9. The van der Waals surface area contributed by atoms with Crippen molar-refractivity contribution in [3.63, 3.8) is 0 Å². The predicted octanol–water partition coefficient (Wildman–Crippen LogP) is 11.4. The Morgan fingerprint density at radius 2 is 1.67 bits per heavy atom. The zero-order chi connectivity index (χ0) is 43.0. The molecule has 3 aromatic rings. The summed E-state index contributed by atoms with van der Waals surface area (Å²) >= 11 is 12.4. The molecule has 0 saturated heterocycles. The molecule has 5 aliphatic rings. The fourth-order valence-corrected chi connectivity index (χ4v) is 15.0. The fourth-order valence-electron chi connectivity index (χ4n) is 14.5. The van der Waals surface area contributed by atoms with E-state index < -0.39 is 5.41 Å². The van der Waals surface area contributed by atoms with Gasteiger partial charge in [0.05, 0.1) is 29.4 Å². The summed E-state index contributed by atoms with van der Waals surface area (Å²) in [5.74, 6) is 3.35. The maximum atomic E-state index is 14.9. The lowest BCUT2D eigenvalue weighted by molar-refractivity contribution is -0.248. The van der Waals surface area contributed by atoms with E-state index in [9.17, 15) is 9.59 Å². The molecule has 9 nitrogen and oxygen atoms in total. The van der Waals surface area contributed by atoms with Crippen LogP contribution in [0.15, 0.2) is 54.7 Å². The van der Waals surface area contributed by atoms with Crippen LogP contribution in [-0.4, -0.2) is 40.1 Å². The third-order valence-electron chi connectivity index (χ3n) is 17.5. The van der Waals surface area contributed by atoms with E-state index in [-0.39, 0.29) is 52.2 Å². The second kappa shape index (κ2) is 15.7. The van der Waals surface area contributed by atoms with Gasteiger partial charge in [-0.3, -0.25) is 9.59 Å². The average molecular weight is 860 g/mol. The molecular formula is C49H64Cl2N4O5. The van der Waals surface area contributed by atoms with Gasteiger partial charge in [-0.05, 0) is 153 Å². The number of benzene rings is 2. The van der Waals surface area contributed by atoms with Gasteiger partial charge in [0.1, 0.15) is 18.4 Å². The lowest BCUT2D eigenvalue weighted by atomic mass is 9.32. The van der Waals surface area contributed by atoms with E-state index in [1.54, 1.807) is 43.1 Å². The van der Waals surface area contributed by atoms with Crippen LogP contribution in [0.2, 0.25) is 10.0 Å². The summed E-state index contributed by atoms with van der Waals surface area (Å²) in [6.45, 7) is 21.4. The van der Waals surface area contributed by atoms with Crippen molar-refractivity contribution in [1.82, 2.24) is 20.3 Å². The first kappa shape index (κ1) is 43.1. The molecule has 2 aromatic carbocycles. The third kappa shape index (κ3) is 6.87. The summed E-state index contributed by atoms with van der Waals surface area (Å²) in [5.41, 5.74) is 3.46. The third-order valence-corrected chi connectivity index (χ3v) is 18.1. The molecule has 0 aliphatic heterocycles. The monoisotopic (exact) mass is 858 g/mol. The van der Waals surface area contributed by atoms with Crippen molar-refractivity contribution in [2.75, 3.05) is 7.11 Å². The molecule has 0 bridgehead atoms. The summed E-state index contributed by atoms with van der Waals surface area (Å²) in [5, 5.41) is 12.9. The Morgan fingerprint density at radius 3 is 2.38 bits per heavy atom. The van der Waals surface area contributed by atoms with Crippen molar-refractivity contribution in [2.45, 2.75) is 132 Å². The maximum Gasteiger partial charge on any atom is 0.302 e. The number of rotatable bonds is 10. The number of hydrogen-bond donors (Lipinski definition) is 1. The molecule has 1 aromatic heterocycles. The molecular weight excluding hydrogens is 795 g/mol. The van der Waals surface area contributed by atoms with Gasteiger partial charge in [0.2, 0.25) is 5.91 Å². The Morgan fingerprint density at radius 1 is 0.883 bits per heavy atom. The number of carbonyl (C=O) groups excluding carboxylic acids is 2.